The molecule has 3 heterocycles. The number of aromatic nitrogens is 4. The van der Waals surface area contributed by atoms with Crippen molar-refractivity contribution in [2.45, 2.75) is 37.4 Å². The summed E-state index contributed by atoms with van der Waals surface area (Å²) in [4.78, 5) is 21.8. The SMILES string of the molecule is O=[N+]([O-])C(OCc1ccccc1)[C@H]1O[C@@H](n2cnc3c(=S)nc[nH]c32)[C@H](O)[C@@H]1O. The third kappa shape index (κ3) is 3.63. The zero-order valence-corrected chi connectivity index (χ0v) is 15.7. The first kappa shape index (κ1) is 19.5. The summed E-state index contributed by atoms with van der Waals surface area (Å²) in [6, 6.07) is 8.89. The van der Waals surface area contributed by atoms with Crippen LogP contribution in [0.4, 0.5) is 0 Å². The zero-order valence-electron chi connectivity index (χ0n) is 14.9. The van der Waals surface area contributed by atoms with Crippen molar-refractivity contribution in [3.8, 4) is 0 Å². The van der Waals surface area contributed by atoms with Gasteiger partial charge in [0, 0.05) is 0 Å². The number of aromatic amines is 1. The van der Waals surface area contributed by atoms with E-state index in [1.807, 2.05) is 6.07 Å². The van der Waals surface area contributed by atoms with Crippen molar-refractivity contribution in [2.75, 3.05) is 0 Å². The summed E-state index contributed by atoms with van der Waals surface area (Å²) in [5, 5.41) is 32.5. The predicted molar refractivity (Wildman–Crippen MR) is 101 cm³/mol. The lowest BCUT2D eigenvalue weighted by Gasteiger charge is -2.19. The predicted octanol–water partition coefficient (Wildman–Crippen LogP) is 0.928. The molecule has 11 nitrogen and oxygen atoms in total. The number of aliphatic hydroxyl groups excluding tert-OH is 2. The van der Waals surface area contributed by atoms with E-state index in [-0.39, 0.29) is 11.2 Å². The molecule has 3 aromatic rings. The van der Waals surface area contributed by atoms with Crippen LogP contribution in [0.5, 0.6) is 0 Å². The number of imidazole rings is 1. The number of rotatable bonds is 6. The van der Waals surface area contributed by atoms with E-state index in [2.05, 4.69) is 15.0 Å². The molecule has 0 radical (unpaired) electrons. The number of hydrogen-bond acceptors (Lipinski definition) is 9. The number of hydrogen-bond donors (Lipinski definition) is 3. The van der Waals surface area contributed by atoms with Gasteiger partial charge in [-0.2, -0.15) is 0 Å². The molecule has 0 aliphatic carbocycles. The first-order valence-electron chi connectivity index (χ1n) is 8.68. The molecule has 152 valence electrons. The van der Waals surface area contributed by atoms with Gasteiger partial charge in [0.2, 0.25) is 0 Å². The molecule has 4 rings (SSSR count). The third-order valence-corrected chi connectivity index (χ3v) is 4.98. The molecule has 1 saturated heterocycles. The summed E-state index contributed by atoms with van der Waals surface area (Å²) in [5.74, 6) is 0. The number of fused-ring (bicyclic) bond motifs is 1. The molecular weight excluding hydrogens is 402 g/mol. The van der Waals surface area contributed by atoms with E-state index in [4.69, 9.17) is 21.7 Å². The first-order chi connectivity index (χ1) is 14.0. The number of nitro groups is 1. The van der Waals surface area contributed by atoms with Gasteiger partial charge in [-0.15, -0.1) is 0 Å². The summed E-state index contributed by atoms with van der Waals surface area (Å²) >= 11 is 5.11. The molecule has 0 bridgehead atoms. The molecule has 1 fully saturated rings. The average Bonchev–Trinajstić information content (AvgIpc) is 3.26. The number of nitrogens with one attached hydrogen (secondary N) is 1. The maximum absolute atomic E-state index is 11.6. The largest absolute Gasteiger partial charge is 0.387 e. The summed E-state index contributed by atoms with van der Waals surface area (Å²) in [6.45, 7) is -0.0490. The normalized spacial score (nSPS) is 25.3. The van der Waals surface area contributed by atoms with Gasteiger partial charge in [-0.05, 0) is 5.56 Å². The molecule has 3 N–H and O–H groups in total. The molecule has 1 unspecified atom stereocenters. The van der Waals surface area contributed by atoms with Gasteiger partial charge in [-0.25, -0.2) is 9.97 Å². The number of benzene rings is 1. The zero-order chi connectivity index (χ0) is 20.5. The van der Waals surface area contributed by atoms with E-state index >= 15 is 0 Å². The molecule has 12 heteroatoms. The molecular formula is C17H17N5O6S. The van der Waals surface area contributed by atoms with Crippen LogP contribution in [0.3, 0.4) is 0 Å². The Morgan fingerprint density at radius 2 is 2.07 bits per heavy atom. The van der Waals surface area contributed by atoms with Crippen LogP contribution in [0.25, 0.3) is 11.2 Å². The molecule has 1 aliphatic rings. The molecule has 1 aliphatic heterocycles. The maximum Gasteiger partial charge on any atom is 0.344 e. The van der Waals surface area contributed by atoms with E-state index in [1.165, 1.54) is 17.2 Å². The monoisotopic (exact) mass is 419 g/mol. The number of H-pyrrole nitrogens is 1. The average molecular weight is 419 g/mol. The Hall–Kier alpha value is -2.77. The second kappa shape index (κ2) is 7.93. The first-order valence-corrected chi connectivity index (χ1v) is 9.09. The van der Waals surface area contributed by atoms with Gasteiger partial charge in [-0.3, -0.25) is 14.7 Å². The van der Waals surface area contributed by atoms with Gasteiger partial charge in [0.25, 0.3) is 0 Å². The van der Waals surface area contributed by atoms with E-state index < -0.39 is 35.7 Å². The molecule has 5 atom stereocenters. The second-order valence-electron chi connectivity index (χ2n) is 6.50. The Labute approximate surface area is 168 Å². The standard InChI is InChI=1S/C17H17N5O6S/c23-11-12(24)16(21-8-20-10-14(21)18-7-19-15(10)29)28-13(11)17(22(25)26)27-6-9-4-2-1-3-5-9/h1-5,7-8,11-13,16-17,23-24H,6H2,(H,18,19,29)/t11-,12+,13-,16+,17?/m0/s1. The smallest absolute Gasteiger partial charge is 0.344 e. The van der Waals surface area contributed by atoms with Crippen LogP contribution in [-0.2, 0) is 16.1 Å². The van der Waals surface area contributed by atoms with Crippen molar-refractivity contribution in [1.82, 2.24) is 19.5 Å². The van der Waals surface area contributed by atoms with Crippen LogP contribution >= 0.6 is 12.2 Å². The van der Waals surface area contributed by atoms with Gasteiger partial charge in [0.15, 0.2) is 17.0 Å². The third-order valence-electron chi connectivity index (χ3n) is 4.68. The summed E-state index contributed by atoms with van der Waals surface area (Å²) in [7, 11) is 0. The Morgan fingerprint density at radius 3 is 2.79 bits per heavy atom. The number of nitrogens with zero attached hydrogens (tertiary/aromatic N) is 4. The van der Waals surface area contributed by atoms with Crippen LogP contribution in [0.15, 0.2) is 43.0 Å². The number of aliphatic hydroxyl groups is 2. The Balaban J connectivity index is 1.58. The molecule has 1 aromatic carbocycles. The lowest BCUT2D eigenvalue weighted by atomic mass is 10.1. The van der Waals surface area contributed by atoms with Gasteiger partial charge in [0.05, 0.1) is 24.2 Å². The van der Waals surface area contributed by atoms with E-state index in [1.54, 1.807) is 24.3 Å². The molecule has 0 spiro atoms. The highest BCUT2D eigenvalue weighted by molar-refractivity contribution is 7.71. The Morgan fingerprint density at radius 1 is 1.31 bits per heavy atom. The highest BCUT2D eigenvalue weighted by Crippen LogP contribution is 2.34. The van der Waals surface area contributed by atoms with Crippen LogP contribution < -0.4 is 0 Å². The van der Waals surface area contributed by atoms with Crippen LogP contribution in [0.1, 0.15) is 11.8 Å². The van der Waals surface area contributed by atoms with Crippen molar-refractivity contribution in [2.24, 2.45) is 0 Å². The summed E-state index contributed by atoms with van der Waals surface area (Å²) in [5.41, 5.74) is 1.51. The lowest BCUT2D eigenvalue weighted by molar-refractivity contribution is -0.592. The van der Waals surface area contributed by atoms with Crippen LogP contribution in [0, 0.1) is 14.8 Å². The highest BCUT2D eigenvalue weighted by Gasteiger charge is 2.52. The summed E-state index contributed by atoms with van der Waals surface area (Å²) in [6.07, 6.45) is -4.48. The highest BCUT2D eigenvalue weighted by atomic mass is 32.1. The fraction of sp³-hybridized carbons (Fsp3) is 0.353. The van der Waals surface area contributed by atoms with E-state index in [9.17, 15) is 20.3 Å². The quantitative estimate of drug-likeness (QED) is 0.229. The topological polar surface area (TPSA) is 149 Å². The van der Waals surface area contributed by atoms with Gasteiger partial charge in [0.1, 0.15) is 23.4 Å². The van der Waals surface area contributed by atoms with Gasteiger partial charge >= 0.3 is 6.23 Å². The van der Waals surface area contributed by atoms with Crippen LogP contribution in [-0.4, -0.2) is 59.2 Å². The lowest BCUT2D eigenvalue weighted by Crippen LogP contribution is -2.44. The molecule has 29 heavy (non-hydrogen) atoms. The van der Waals surface area contributed by atoms with Gasteiger partial charge in [-0.1, -0.05) is 42.5 Å². The Kier molecular flexibility index (Phi) is 5.34. The molecule has 2 aromatic heterocycles. The second-order valence-corrected chi connectivity index (χ2v) is 6.89. The van der Waals surface area contributed by atoms with E-state index in [0.29, 0.717) is 11.2 Å². The van der Waals surface area contributed by atoms with Crippen molar-refractivity contribution < 1.29 is 24.6 Å². The maximum atomic E-state index is 11.6. The van der Waals surface area contributed by atoms with E-state index in [0.717, 1.165) is 5.56 Å². The van der Waals surface area contributed by atoms with Crippen LogP contribution in [0.2, 0.25) is 0 Å². The van der Waals surface area contributed by atoms with Gasteiger partial charge < -0.3 is 24.7 Å². The van der Waals surface area contributed by atoms with Crippen molar-refractivity contribution in [3.63, 3.8) is 0 Å². The van der Waals surface area contributed by atoms with Crippen molar-refractivity contribution in [3.05, 3.63) is 63.3 Å². The molecule has 0 amide bonds. The fourth-order valence-corrected chi connectivity index (χ4v) is 3.45. The minimum Gasteiger partial charge on any atom is -0.387 e. The summed E-state index contributed by atoms with van der Waals surface area (Å²) < 4.78 is 12.7. The minimum atomic E-state index is -1.68. The fourth-order valence-electron chi connectivity index (χ4n) is 3.25. The minimum absolute atomic E-state index is 0.0490. The van der Waals surface area contributed by atoms with Crippen molar-refractivity contribution in [1.29, 1.82) is 0 Å². The molecule has 0 saturated carbocycles. The number of ether oxygens (including phenoxy) is 2. The Bertz CT molecular complexity index is 1070. The van der Waals surface area contributed by atoms with Crippen molar-refractivity contribution >= 4 is 23.4 Å².